The molecule has 11 heteroatoms. The fraction of sp³-hybridized carbons (Fsp3) is 0.111. The minimum Gasteiger partial charge on any atom is -0.435 e. The third kappa shape index (κ3) is 5.15. The van der Waals surface area contributed by atoms with Gasteiger partial charge in [0.1, 0.15) is 10.6 Å². The van der Waals surface area contributed by atoms with Crippen LogP contribution in [0.2, 0.25) is 5.15 Å². The predicted octanol–water partition coefficient (Wildman–Crippen LogP) is 5.02. The van der Waals surface area contributed by atoms with E-state index in [2.05, 4.69) is 10.2 Å². The van der Waals surface area contributed by atoms with Crippen molar-refractivity contribution in [2.75, 3.05) is 0 Å². The van der Waals surface area contributed by atoms with Gasteiger partial charge in [-0.3, -0.25) is 0 Å². The molecule has 0 aliphatic rings. The zero-order valence-corrected chi connectivity index (χ0v) is 16.2. The number of alkyl halides is 3. The number of halogens is 4. The highest BCUT2D eigenvalue weighted by Crippen LogP contribution is 2.35. The van der Waals surface area contributed by atoms with Crippen LogP contribution in [-0.2, 0) is 16.3 Å². The Morgan fingerprint density at radius 2 is 1.69 bits per heavy atom. The molecule has 0 bridgehead atoms. The quantitative estimate of drug-likeness (QED) is 0.514. The molecule has 0 N–H and O–H groups in total. The predicted molar refractivity (Wildman–Crippen MR) is 97.6 cm³/mol. The van der Waals surface area contributed by atoms with E-state index in [1.807, 2.05) is 0 Å². The van der Waals surface area contributed by atoms with Crippen LogP contribution in [0.25, 0.3) is 0 Å². The first-order valence-electron chi connectivity index (χ1n) is 7.94. The zero-order valence-electron chi connectivity index (χ0n) is 14.6. The van der Waals surface area contributed by atoms with E-state index in [-0.39, 0.29) is 15.8 Å². The van der Waals surface area contributed by atoms with E-state index in [0.29, 0.717) is 0 Å². The molecule has 0 atom stereocenters. The maximum absolute atomic E-state index is 12.9. The lowest BCUT2D eigenvalue weighted by atomic mass is 10.2. The molecule has 0 spiro atoms. The molecule has 0 unspecified atom stereocenters. The van der Waals surface area contributed by atoms with Crippen molar-refractivity contribution >= 4 is 21.7 Å². The van der Waals surface area contributed by atoms with Crippen molar-refractivity contribution in [1.29, 1.82) is 0 Å². The smallest absolute Gasteiger partial charge is 0.416 e. The van der Waals surface area contributed by atoms with Crippen LogP contribution in [0.3, 0.4) is 0 Å². The normalized spacial score (nSPS) is 11.9. The summed E-state index contributed by atoms with van der Waals surface area (Å²) in [5, 5.41) is 6.90. The summed E-state index contributed by atoms with van der Waals surface area (Å²) in [7, 11) is -4.28. The highest BCUT2D eigenvalue weighted by molar-refractivity contribution is 7.87. The first kappa shape index (κ1) is 20.9. The lowest BCUT2D eigenvalue weighted by molar-refractivity contribution is -0.137. The summed E-state index contributed by atoms with van der Waals surface area (Å²) in [4.78, 5) is -0.138. The second-order valence-electron chi connectivity index (χ2n) is 5.81. The highest BCUT2D eigenvalue weighted by atomic mass is 35.5. The second-order valence-corrected chi connectivity index (χ2v) is 7.75. The van der Waals surface area contributed by atoms with E-state index < -0.39 is 33.5 Å². The summed E-state index contributed by atoms with van der Waals surface area (Å²) >= 11 is 5.75. The Morgan fingerprint density at radius 1 is 1.00 bits per heavy atom. The number of benzene rings is 2. The molecule has 0 saturated carbocycles. The molecule has 152 valence electrons. The van der Waals surface area contributed by atoms with E-state index in [1.165, 1.54) is 18.2 Å². The minimum absolute atomic E-state index is 0.138. The monoisotopic (exact) mass is 444 g/mol. The Morgan fingerprint density at radius 3 is 2.34 bits per heavy atom. The maximum atomic E-state index is 12.9. The van der Waals surface area contributed by atoms with E-state index in [4.69, 9.17) is 20.5 Å². The summed E-state index contributed by atoms with van der Waals surface area (Å²) in [6.45, 7) is 1.78. The molecular formula is C18H12ClF3N2O4S. The van der Waals surface area contributed by atoms with Crippen molar-refractivity contribution in [1.82, 2.24) is 10.2 Å². The third-order valence-electron chi connectivity index (χ3n) is 3.58. The van der Waals surface area contributed by atoms with Crippen LogP contribution in [0.1, 0.15) is 11.1 Å². The van der Waals surface area contributed by atoms with Gasteiger partial charge in [-0.15, -0.1) is 10.2 Å². The van der Waals surface area contributed by atoms with Crippen LogP contribution < -0.4 is 8.92 Å². The van der Waals surface area contributed by atoms with Gasteiger partial charge in [0.2, 0.25) is 5.75 Å². The van der Waals surface area contributed by atoms with Crippen LogP contribution in [-0.4, -0.2) is 18.6 Å². The molecule has 2 aromatic carbocycles. The Kier molecular flexibility index (Phi) is 5.67. The van der Waals surface area contributed by atoms with Crippen molar-refractivity contribution in [3.8, 4) is 17.4 Å². The Hall–Kier alpha value is -2.85. The van der Waals surface area contributed by atoms with E-state index >= 15 is 0 Å². The van der Waals surface area contributed by atoms with Gasteiger partial charge in [-0.05, 0) is 37.3 Å². The van der Waals surface area contributed by atoms with E-state index in [1.54, 1.807) is 19.1 Å². The van der Waals surface area contributed by atoms with Gasteiger partial charge in [-0.2, -0.15) is 21.6 Å². The van der Waals surface area contributed by atoms with Crippen molar-refractivity contribution in [2.45, 2.75) is 18.0 Å². The largest absolute Gasteiger partial charge is 0.435 e. The fourth-order valence-electron chi connectivity index (χ4n) is 2.19. The van der Waals surface area contributed by atoms with Crippen molar-refractivity contribution in [2.24, 2.45) is 0 Å². The SMILES string of the molecule is Cc1ccc(S(=O)(=O)Oc2cc(Cl)nnc2Oc2cccc(C(F)(F)F)c2)cc1. The summed E-state index contributed by atoms with van der Waals surface area (Å²) in [5.41, 5.74) is -0.113. The van der Waals surface area contributed by atoms with Crippen molar-refractivity contribution < 1.29 is 30.5 Å². The number of nitrogens with zero attached hydrogens (tertiary/aromatic N) is 2. The molecule has 1 heterocycles. The first-order chi connectivity index (χ1) is 13.5. The van der Waals surface area contributed by atoms with Gasteiger partial charge in [0.05, 0.1) is 5.56 Å². The molecule has 0 saturated heterocycles. The summed E-state index contributed by atoms with van der Waals surface area (Å²) in [6, 6.07) is 10.8. The fourth-order valence-corrected chi connectivity index (χ4v) is 3.25. The minimum atomic E-state index is -4.58. The van der Waals surface area contributed by atoms with Crippen molar-refractivity contribution in [3.05, 3.63) is 70.9 Å². The highest BCUT2D eigenvalue weighted by Gasteiger charge is 2.31. The Balaban J connectivity index is 1.94. The third-order valence-corrected chi connectivity index (χ3v) is 5.02. The summed E-state index contributed by atoms with van der Waals surface area (Å²) in [5.74, 6) is -1.14. The molecular weight excluding hydrogens is 433 g/mol. The van der Waals surface area contributed by atoms with Gasteiger partial charge in [0.15, 0.2) is 5.15 Å². The van der Waals surface area contributed by atoms with Gasteiger partial charge in [-0.1, -0.05) is 35.4 Å². The van der Waals surface area contributed by atoms with Gasteiger partial charge >= 0.3 is 16.3 Å². The van der Waals surface area contributed by atoms with Gasteiger partial charge in [0.25, 0.3) is 5.88 Å². The maximum Gasteiger partial charge on any atom is 0.416 e. The molecule has 0 fully saturated rings. The average Bonchev–Trinajstić information content (AvgIpc) is 2.64. The van der Waals surface area contributed by atoms with E-state index in [9.17, 15) is 21.6 Å². The Labute approximate surface area is 169 Å². The number of aromatic nitrogens is 2. The van der Waals surface area contributed by atoms with Gasteiger partial charge in [-0.25, -0.2) is 0 Å². The molecule has 0 amide bonds. The average molecular weight is 445 g/mol. The van der Waals surface area contributed by atoms with Crippen LogP contribution in [0.15, 0.2) is 59.5 Å². The first-order valence-corrected chi connectivity index (χ1v) is 9.73. The van der Waals surface area contributed by atoms with Crippen molar-refractivity contribution in [3.63, 3.8) is 0 Å². The lowest BCUT2D eigenvalue weighted by Crippen LogP contribution is -2.11. The van der Waals surface area contributed by atoms with E-state index in [0.717, 1.165) is 29.8 Å². The lowest BCUT2D eigenvalue weighted by Gasteiger charge is -2.12. The Bertz CT molecular complexity index is 1140. The number of hydrogen-bond acceptors (Lipinski definition) is 6. The number of ether oxygens (including phenoxy) is 1. The molecule has 1 aromatic heterocycles. The zero-order chi connectivity index (χ0) is 21.2. The van der Waals surface area contributed by atoms with Gasteiger partial charge < -0.3 is 8.92 Å². The number of hydrogen-bond donors (Lipinski definition) is 0. The summed E-state index contributed by atoms with van der Waals surface area (Å²) < 4.78 is 73.9. The standard InChI is InChI=1S/C18H12ClF3N2O4S/c1-11-5-7-14(8-6-11)29(25,26)28-15-10-16(19)23-24-17(15)27-13-4-2-3-12(9-13)18(20,21)22/h2-10H,1H3. The van der Waals surface area contributed by atoms with Crippen LogP contribution in [0.5, 0.6) is 17.4 Å². The second kappa shape index (κ2) is 7.88. The van der Waals surface area contributed by atoms with Crippen LogP contribution in [0.4, 0.5) is 13.2 Å². The molecule has 0 radical (unpaired) electrons. The topological polar surface area (TPSA) is 78.4 Å². The molecule has 3 rings (SSSR count). The number of rotatable bonds is 5. The molecule has 3 aromatic rings. The van der Waals surface area contributed by atoms with Crippen LogP contribution >= 0.6 is 11.6 Å². The number of aryl methyl sites for hydroxylation is 1. The summed E-state index contributed by atoms with van der Waals surface area (Å²) in [6.07, 6.45) is -4.58. The van der Waals surface area contributed by atoms with Gasteiger partial charge in [0, 0.05) is 6.07 Å². The molecule has 6 nitrogen and oxygen atoms in total. The molecule has 29 heavy (non-hydrogen) atoms. The van der Waals surface area contributed by atoms with Crippen LogP contribution in [0, 0.1) is 6.92 Å². The molecule has 0 aliphatic heterocycles. The molecule has 0 aliphatic carbocycles.